The van der Waals surface area contributed by atoms with E-state index in [1.807, 2.05) is 38.4 Å². The molecule has 1 aromatic carbocycles. The molecule has 0 spiro atoms. The van der Waals surface area contributed by atoms with Crippen molar-refractivity contribution in [2.24, 2.45) is 0 Å². The zero-order valence-corrected chi connectivity index (χ0v) is 15.1. The number of rotatable bonds is 9. The summed E-state index contributed by atoms with van der Waals surface area (Å²) < 4.78 is 6.93. The third-order valence-corrected chi connectivity index (χ3v) is 4.08. The minimum Gasteiger partial charge on any atom is -0.383 e. The van der Waals surface area contributed by atoms with Gasteiger partial charge in [0, 0.05) is 20.2 Å². The number of nitrogens with one attached hydrogen (secondary N) is 1. The molecule has 0 saturated heterocycles. The molecule has 0 saturated carbocycles. The van der Waals surface area contributed by atoms with Crippen molar-refractivity contribution in [1.29, 1.82) is 0 Å². The van der Waals surface area contributed by atoms with Gasteiger partial charge in [-0.1, -0.05) is 19.1 Å². The van der Waals surface area contributed by atoms with E-state index in [0.717, 1.165) is 30.9 Å². The molecule has 1 aromatic heterocycles. The largest absolute Gasteiger partial charge is 0.383 e. The van der Waals surface area contributed by atoms with Gasteiger partial charge in [-0.15, -0.1) is 0 Å². The highest BCUT2D eigenvalue weighted by molar-refractivity contribution is 5.77. The maximum atomic E-state index is 12.9. The van der Waals surface area contributed by atoms with Crippen molar-refractivity contribution in [3.63, 3.8) is 0 Å². The summed E-state index contributed by atoms with van der Waals surface area (Å²) in [5, 5.41) is 4.17. The smallest absolute Gasteiger partial charge is 0.261 e. The summed E-state index contributed by atoms with van der Waals surface area (Å²) in [6.07, 6.45) is 0.866. The van der Waals surface area contributed by atoms with Gasteiger partial charge in [0.05, 0.1) is 30.1 Å². The van der Waals surface area contributed by atoms with Crippen molar-refractivity contribution < 1.29 is 4.74 Å². The van der Waals surface area contributed by atoms with E-state index < -0.39 is 0 Å². The van der Waals surface area contributed by atoms with E-state index in [1.54, 1.807) is 11.7 Å². The summed E-state index contributed by atoms with van der Waals surface area (Å²) in [6, 6.07) is 7.56. The van der Waals surface area contributed by atoms with Crippen LogP contribution in [0.5, 0.6) is 0 Å². The van der Waals surface area contributed by atoms with Gasteiger partial charge in [0.15, 0.2) is 0 Å². The molecular weight excluding hydrogens is 304 g/mol. The molecule has 6 nitrogen and oxygen atoms in total. The van der Waals surface area contributed by atoms with Crippen LogP contribution in [0.2, 0.25) is 0 Å². The summed E-state index contributed by atoms with van der Waals surface area (Å²) in [6.45, 7) is 4.88. The average molecular weight is 332 g/mol. The van der Waals surface area contributed by atoms with E-state index in [-0.39, 0.29) is 11.6 Å². The molecule has 1 heterocycles. The highest BCUT2D eigenvalue weighted by Crippen LogP contribution is 2.16. The van der Waals surface area contributed by atoms with Gasteiger partial charge in [0.2, 0.25) is 0 Å². The number of methoxy groups -OCH3 is 1. The lowest BCUT2D eigenvalue weighted by Crippen LogP contribution is -2.35. The Bertz CT molecular complexity index is 712. The Hall–Kier alpha value is -1.76. The number of likely N-dealkylation sites (N-methyl/N-ethyl adjacent to an activating group) is 1. The summed E-state index contributed by atoms with van der Waals surface area (Å²) in [7, 11) is 5.74. The van der Waals surface area contributed by atoms with Crippen molar-refractivity contribution in [2.75, 3.05) is 40.9 Å². The Morgan fingerprint density at radius 2 is 2.08 bits per heavy atom. The van der Waals surface area contributed by atoms with Gasteiger partial charge < -0.3 is 15.0 Å². The van der Waals surface area contributed by atoms with Gasteiger partial charge in [0.1, 0.15) is 5.82 Å². The quantitative estimate of drug-likeness (QED) is 0.756. The number of aromatic nitrogens is 2. The number of benzene rings is 1. The first-order valence-corrected chi connectivity index (χ1v) is 8.45. The monoisotopic (exact) mass is 332 g/mol. The third kappa shape index (κ3) is 4.41. The molecule has 0 amide bonds. The Labute approximate surface area is 143 Å². The molecule has 0 fully saturated rings. The molecule has 2 rings (SSSR count). The zero-order valence-electron chi connectivity index (χ0n) is 15.1. The molecule has 0 radical (unpaired) electrons. The lowest BCUT2D eigenvalue weighted by Gasteiger charge is -2.22. The molecule has 0 aliphatic carbocycles. The average Bonchev–Trinajstić information content (AvgIpc) is 2.58. The Morgan fingerprint density at radius 1 is 1.33 bits per heavy atom. The number of ether oxygens (including phenoxy) is 1. The van der Waals surface area contributed by atoms with Crippen LogP contribution in [0.25, 0.3) is 10.9 Å². The highest BCUT2D eigenvalue weighted by atomic mass is 16.5. The first kappa shape index (κ1) is 18.6. The first-order valence-electron chi connectivity index (χ1n) is 8.45. The fourth-order valence-electron chi connectivity index (χ4n) is 2.73. The van der Waals surface area contributed by atoms with Gasteiger partial charge in [-0.3, -0.25) is 9.36 Å². The number of para-hydroxylation sites is 1. The maximum absolute atomic E-state index is 12.9. The standard InChI is InChI=1S/C18H28N4O2/c1-5-15(19-10-11-21(2)3)17-20-16-9-7-6-8-14(16)18(23)22(17)12-13-24-4/h6-9,15,19H,5,10-13H2,1-4H3/t15-/m0/s1. The number of hydrogen-bond donors (Lipinski definition) is 1. The molecule has 6 heteroatoms. The predicted octanol–water partition coefficient (Wildman–Crippen LogP) is 1.65. The van der Waals surface area contributed by atoms with Crippen molar-refractivity contribution in [3.8, 4) is 0 Å². The van der Waals surface area contributed by atoms with E-state index in [2.05, 4.69) is 17.1 Å². The van der Waals surface area contributed by atoms with E-state index >= 15 is 0 Å². The summed E-state index contributed by atoms with van der Waals surface area (Å²) in [4.78, 5) is 19.8. The van der Waals surface area contributed by atoms with E-state index in [0.29, 0.717) is 18.5 Å². The molecule has 0 aliphatic heterocycles. The van der Waals surface area contributed by atoms with Gasteiger partial charge >= 0.3 is 0 Å². The summed E-state index contributed by atoms with van der Waals surface area (Å²) in [5.74, 6) is 0.789. The fourth-order valence-corrected chi connectivity index (χ4v) is 2.73. The minimum atomic E-state index is 0.000472. The van der Waals surface area contributed by atoms with E-state index in [1.165, 1.54) is 0 Å². The molecule has 2 aromatic rings. The Kier molecular flexibility index (Phi) is 6.90. The van der Waals surface area contributed by atoms with Gasteiger partial charge in [-0.2, -0.15) is 0 Å². The lowest BCUT2D eigenvalue weighted by atomic mass is 10.1. The second kappa shape index (κ2) is 8.92. The highest BCUT2D eigenvalue weighted by Gasteiger charge is 2.18. The number of fused-ring (bicyclic) bond motifs is 1. The van der Waals surface area contributed by atoms with E-state index in [4.69, 9.17) is 9.72 Å². The second-order valence-corrected chi connectivity index (χ2v) is 6.15. The van der Waals surface area contributed by atoms with Gasteiger partial charge in [-0.25, -0.2) is 4.98 Å². The topological polar surface area (TPSA) is 59.4 Å². The molecular formula is C18H28N4O2. The second-order valence-electron chi connectivity index (χ2n) is 6.15. The zero-order chi connectivity index (χ0) is 17.5. The van der Waals surface area contributed by atoms with Gasteiger partial charge in [-0.05, 0) is 32.6 Å². The minimum absolute atomic E-state index is 0.000472. The molecule has 0 bridgehead atoms. The summed E-state index contributed by atoms with van der Waals surface area (Å²) >= 11 is 0. The van der Waals surface area contributed by atoms with Crippen molar-refractivity contribution in [3.05, 3.63) is 40.4 Å². The third-order valence-electron chi connectivity index (χ3n) is 4.08. The van der Waals surface area contributed by atoms with Crippen LogP contribution in [0.3, 0.4) is 0 Å². The molecule has 0 aliphatic rings. The first-order chi connectivity index (χ1) is 11.6. The van der Waals surface area contributed by atoms with Crippen LogP contribution in [-0.2, 0) is 11.3 Å². The molecule has 132 valence electrons. The van der Waals surface area contributed by atoms with Crippen molar-refractivity contribution in [2.45, 2.75) is 25.9 Å². The maximum Gasteiger partial charge on any atom is 0.261 e. The van der Waals surface area contributed by atoms with Crippen LogP contribution in [0, 0.1) is 0 Å². The van der Waals surface area contributed by atoms with Crippen molar-refractivity contribution >= 4 is 10.9 Å². The molecule has 24 heavy (non-hydrogen) atoms. The van der Waals surface area contributed by atoms with Crippen LogP contribution >= 0.6 is 0 Å². The van der Waals surface area contributed by atoms with Crippen LogP contribution in [-0.4, -0.2) is 55.4 Å². The van der Waals surface area contributed by atoms with Gasteiger partial charge in [0.25, 0.3) is 5.56 Å². The van der Waals surface area contributed by atoms with Crippen LogP contribution in [0.15, 0.2) is 29.1 Å². The number of hydrogen-bond acceptors (Lipinski definition) is 5. The molecule has 0 unspecified atom stereocenters. The SMILES string of the molecule is CC[C@H](NCCN(C)C)c1nc2ccccc2c(=O)n1CCOC. The van der Waals surface area contributed by atoms with Crippen LogP contribution in [0.1, 0.15) is 25.2 Å². The lowest BCUT2D eigenvalue weighted by molar-refractivity contribution is 0.184. The molecule has 1 N–H and O–H groups in total. The predicted molar refractivity (Wildman–Crippen MR) is 97.5 cm³/mol. The normalized spacial score (nSPS) is 12.9. The Morgan fingerprint density at radius 3 is 2.75 bits per heavy atom. The fraction of sp³-hybridized carbons (Fsp3) is 0.556. The van der Waals surface area contributed by atoms with Crippen molar-refractivity contribution in [1.82, 2.24) is 19.8 Å². The van der Waals surface area contributed by atoms with E-state index in [9.17, 15) is 4.79 Å². The molecule has 1 atom stereocenters. The Balaban J connectivity index is 2.42. The van der Waals surface area contributed by atoms with Crippen LogP contribution in [0.4, 0.5) is 0 Å². The summed E-state index contributed by atoms with van der Waals surface area (Å²) in [5.41, 5.74) is 0.750. The van der Waals surface area contributed by atoms with Crippen LogP contribution < -0.4 is 10.9 Å². The number of nitrogens with zero attached hydrogens (tertiary/aromatic N) is 3.